The van der Waals surface area contributed by atoms with Crippen molar-refractivity contribution in [3.63, 3.8) is 0 Å². The molecule has 3 heterocycles. The Bertz CT molecular complexity index is 999. The lowest BCUT2D eigenvalue weighted by Gasteiger charge is -2.11. The lowest BCUT2D eigenvalue weighted by molar-refractivity contribution is -0.142. The zero-order valence-electron chi connectivity index (χ0n) is 13.9. The van der Waals surface area contributed by atoms with Gasteiger partial charge in [0.1, 0.15) is 11.3 Å². The van der Waals surface area contributed by atoms with Crippen LogP contribution >= 0.6 is 11.3 Å². The van der Waals surface area contributed by atoms with Crippen LogP contribution in [0, 0.1) is 13.8 Å². The molecule has 4 rings (SSSR count). The molecule has 0 spiro atoms. The molecule has 136 valence electrons. The van der Waals surface area contributed by atoms with Gasteiger partial charge in [-0.2, -0.15) is 18.3 Å². The highest BCUT2D eigenvalue weighted by Crippen LogP contribution is 2.41. The fourth-order valence-electron chi connectivity index (χ4n) is 2.62. The van der Waals surface area contributed by atoms with E-state index in [1.807, 2.05) is 13.8 Å². The number of thiazole rings is 1. The third kappa shape index (κ3) is 2.94. The minimum absolute atomic E-state index is 0.0103. The lowest BCUT2D eigenvalue weighted by Crippen LogP contribution is -2.16. The van der Waals surface area contributed by atoms with Crippen LogP contribution in [0.5, 0.6) is 0 Å². The van der Waals surface area contributed by atoms with Crippen LogP contribution < -0.4 is 5.32 Å². The second-order valence-electron chi connectivity index (χ2n) is 6.25. The van der Waals surface area contributed by atoms with Gasteiger partial charge in [-0.1, -0.05) is 0 Å². The van der Waals surface area contributed by atoms with Crippen LogP contribution in [0.3, 0.4) is 0 Å². The van der Waals surface area contributed by atoms with E-state index in [1.54, 1.807) is 0 Å². The van der Waals surface area contributed by atoms with E-state index in [0.717, 1.165) is 35.7 Å². The molecular formula is C16H14F3N5OS. The molecule has 3 aromatic heterocycles. The van der Waals surface area contributed by atoms with E-state index in [4.69, 9.17) is 0 Å². The van der Waals surface area contributed by atoms with Crippen molar-refractivity contribution in [2.45, 2.75) is 38.8 Å². The number of nitrogens with one attached hydrogen (secondary N) is 1. The van der Waals surface area contributed by atoms with Crippen LogP contribution in [-0.2, 0) is 6.18 Å². The summed E-state index contributed by atoms with van der Waals surface area (Å²) >= 11 is 1.30. The van der Waals surface area contributed by atoms with Gasteiger partial charge >= 0.3 is 6.18 Å². The second-order valence-corrected chi connectivity index (χ2v) is 7.45. The van der Waals surface area contributed by atoms with Gasteiger partial charge in [-0.05, 0) is 32.8 Å². The number of halogens is 3. The molecule has 1 fully saturated rings. The summed E-state index contributed by atoms with van der Waals surface area (Å²) in [5.74, 6) is -0.571. The number of nitrogens with zero attached hydrogens (tertiary/aromatic N) is 4. The predicted molar refractivity (Wildman–Crippen MR) is 89.5 cm³/mol. The summed E-state index contributed by atoms with van der Waals surface area (Å²) in [7, 11) is 0. The molecule has 0 bridgehead atoms. The first-order chi connectivity index (χ1) is 12.2. The Morgan fingerprint density at radius 1 is 1.31 bits per heavy atom. The average molecular weight is 381 g/mol. The monoisotopic (exact) mass is 381 g/mol. The molecule has 1 aliphatic rings. The van der Waals surface area contributed by atoms with Gasteiger partial charge < -0.3 is 0 Å². The standard InChI is InChI=1S/C16H14F3N5OS/c1-7-8(2)26-15(21-7)23-14(25)10-6-20-24-12(16(17,18)19)5-11(9-3-4-9)22-13(10)24/h5-6,9H,3-4H2,1-2H3,(H,21,23,25). The van der Waals surface area contributed by atoms with Crippen molar-refractivity contribution in [2.24, 2.45) is 0 Å². The number of hydrogen-bond donors (Lipinski definition) is 1. The van der Waals surface area contributed by atoms with Crippen LogP contribution in [0.4, 0.5) is 18.3 Å². The summed E-state index contributed by atoms with van der Waals surface area (Å²) < 4.78 is 40.8. The van der Waals surface area contributed by atoms with Crippen LogP contribution in [0.25, 0.3) is 5.65 Å². The molecule has 26 heavy (non-hydrogen) atoms. The predicted octanol–water partition coefficient (Wildman–Crippen LogP) is 3.95. The molecule has 0 aromatic carbocycles. The number of fused-ring (bicyclic) bond motifs is 1. The average Bonchev–Trinajstić information content (AvgIpc) is 3.24. The Labute approximate surface area is 150 Å². The number of hydrogen-bond acceptors (Lipinski definition) is 5. The molecule has 0 saturated heterocycles. The number of alkyl halides is 3. The van der Waals surface area contributed by atoms with Crippen LogP contribution in [0.1, 0.15) is 51.1 Å². The maximum Gasteiger partial charge on any atom is 0.433 e. The van der Waals surface area contributed by atoms with Crippen molar-refractivity contribution in [3.05, 3.63) is 39.8 Å². The lowest BCUT2D eigenvalue weighted by atomic mass is 10.2. The van der Waals surface area contributed by atoms with Gasteiger partial charge in [-0.3, -0.25) is 10.1 Å². The molecule has 0 unspecified atom stereocenters. The van der Waals surface area contributed by atoms with Crippen molar-refractivity contribution in [1.29, 1.82) is 0 Å². The van der Waals surface area contributed by atoms with Gasteiger partial charge in [0.25, 0.3) is 5.91 Å². The highest BCUT2D eigenvalue weighted by molar-refractivity contribution is 7.15. The second kappa shape index (κ2) is 5.76. The number of aryl methyl sites for hydroxylation is 2. The minimum atomic E-state index is -4.59. The Morgan fingerprint density at radius 3 is 2.62 bits per heavy atom. The van der Waals surface area contributed by atoms with Crippen LogP contribution in [-0.4, -0.2) is 25.5 Å². The van der Waals surface area contributed by atoms with E-state index in [2.05, 4.69) is 20.4 Å². The summed E-state index contributed by atoms with van der Waals surface area (Å²) in [6.45, 7) is 3.69. The number of anilines is 1. The number of amides is 1. The molecule has 1 saturated carbocycles. The molecule has 3 aromatic rings. The largest absolute Gasteiger partial charge is 0.433 e. The molecule has 1 N–H and O–H groups in total. The summed E-state index contributed by atoms with van der Waals surface area (Å²) in [4.78, 5) is 22.0. The Hall–Kier alpha value is -2.49. The highest BCUT2D eigenvalue weighted by atomic mass is 32.1. The van der Waals surface area contributed by atoms with Gasteiger partial charge in [-0.25, -0.2) is 14.5 Å². The first-order valence-electron chi connectivity index (χ1n) is 7.95. The summed E-state index contributed by atoms with van der Waals surface area (Å²) in [6.07, 6.45) is -1.88. The highest BCUT2D eigenvalue weighted by Gasteiger charge is 2.38. The first kappa shape index (κ1) is 17.0. The van der Waals surface area contributed by atoms with Crippen molar-refractivity contribution in [1.82, 2.24) is 19.6 Å². The van der Waals surface area contributed by atoms with E-state index in [-0.39, 0.29) is 17.1 Å². The van der Waals surface area contributed by atoms with Gasteiger partial charge in [0.15, 0.2) is 10.8 Å². The van der Waals surface area contributed by atoms with Crippen LogP contribution in [0.2, 0.25) is 0 Å². The molecule has 6 nitrogen and oxygen atoms in total. The summed E-state index contributed by atoms with van der Waals surface area (Å²) in [5.41, 5.74) is 0.107. The maximum absolute atomic E-state index is 13.4. The summed E-state index contributed by atoms with van der Waals surface area (Å²) in [6, 6.07) is 1.02. The van der Waals surface area contributed by atoms with Gasteiger partial charge in [0.05, 0.1) is 11.9 Å². The third-order valence-corrected chi connectivity index (χ3v) is 5.26. The van der Waals surface area contributed by atoms with Crippen molar-refractivity contribution < 1.29 is 18.0 Å². The first-order valence-corrected chi connectivity index (χ1v) is 8.77. The maximum atomic E-state index is 13.4. The molecule has 1 amide bonds. The Kier molecular flexibility index (Phi) is 3.76. The zero-order valence-corrected chi connectivity index (χ0v) is 14.7. The molecular weight excluding hydrogens is 367 g/mol. The van der Waals surface area contributed by atoms with E-state index >= 15 is 0 Å². The van der Waals surface area contributed by atoms with Crippen LogP contribution in [0.15, 0.2) is 12.3 Å². The number of rotatable bonds is 3. The van der Waals surface area contributed by atoms with Crippen molar-refractivity contribution in [3.8, 4) is 0 Å². The van der Waals surface area contributed by atoms with E-state index < -0.39 is 17.8 Å². The molecule has 0 atom stereocenters. The summed E-state index contributed by atoms with van der Waals surface area (Å²) in [5, 5.41) is 6.75. The fraction of sp³-hybridized carbons (Fsp3) is 0.375. The Morgan fingerprint density at radius 2 is 2.04 bits per heavy atom. The van der Waals surface area contributed by atoms with Gasteiger partial charge in [0.2, 0.25) is 0 Å². The van der Waals surface area contributed by atoms with Gasteiger partial charge in [0, 0.05) is 16.5 Å². The van der Waals surface area contributed by atoms with Gasteiger partial charge in [-0.15, -0.1) is 11.3 Å². The number of carbonyl (C=O) groups excluding carboxylic acids is 1. The Balaban J connectivity index is 1.78. The minimum Gasteiger partial charge on any atom is -0.298 e. The molecule has 0 radical (unpaired) electrons. The van der Waals surface area contributed by atoms with E-state index in [0.29, 0.717) is 15.3 Å². The van der Waals surface area contributed by atoms with Crippen molar-refractivity contribution in [2.75, 3.05) is 5.32 Å². The quantitative estimate of drug-likeness (QED) is 0.746. The topological polar surface area (TPSA) is 72.2 Å². The van der Waals surface area contributed by atoms with Crippen molar-refractivity contribution >= 4 is 28.0 Å². The smallest absolute Gasteiger partial charge is 0.298 e. The zero-order chi connectivity index (χ0) is 18.6. The normalized spacial score (nSPS) is 14.8. The number of aromatic nitrogens is 4. The number of carbonyl (C=O) groups is 1. The molecule has 0 aliphatic heterocycles. The molecule has 1 aliphatic carbocycles. The SMILES string of the molecule is Cc1nc(NC(=O)c2cnn3c(C(F)(F)F)cc(C4CC4)nc23)sc1C. The third-order valence-electron chi connectivity index (χ3n) is 4.27. The fourth-order valence-corrected chi connectivity index (χ4v) is 3.43. The van der Waals surface area contributed by atoms with E-state index in [1.165, 1.54) is 11.3 Å². The molecule has 10 heteroatoms. The van der Waals surface area contributed by atoms with E-state index in [9.17, 15) is 18.0 Å².